The second kappa shape index (κ2) is 7.19. The topological polar surface area (TPSA) is 45.9 Å². The van der Waals surface area contributed by atoms with Crippen LogP contribution in [0.5, 0.6) is 5.75 Å². The van der Waals surface area contributed by atoms with Crippen LogP contribution in [-0.4, -0.2) is 43.6 Å². The summed E-state index contributed by atoms with van der Waals surface area (Å²) in [6.45, 7) is 5.87. The minimum Gasteiger partial charge on any atom is -0.485 e. The zero-order chi connectivity index (χ0) is 19.8. The summed E-state index contributed by atoms with van der Waals surface area (Å²) in [7, 11) is 1.73. The summed E-state index contributed by atoms with van der Waals surface area (Å²) in [5.41, 5.74) is 2.23. The number of aryl methyl sites for hydroxylation is 1. The van der Waals surface area contributed by atoms with Crippen molar-refractivity contribution in [3.8, 4) is 5.75 Å². The highest BCUT2D eigenvalue weighted by Gasteiger charge is 2.28. The van der Waals surface area contributed by atoms with Gasteiger partial charge >= 0.3 is 0 Å². The highest BCUT2D eigenvalue weighted by atomic mass is 19.1. The van der Waals surface area contributed by atoms with Crippen LogP contribution in [0, 0.1) is 12.7 Å². The summed E-state index contributed by atoms with van der Waals surface area (Å²) in [6.07, 6.45) is -0.147. The van der Waals surface area contributed by atoms with E-state index < -0.39 is 0 Å². The second-order valence-corrected chi connectivity index (χ2v) is 7.13. The highest BCUT2D eigenvalue weighted by molar-refractivity contribution is 5.98. The molecule has 3 aromatic rings. The smallest absolute Gasteiger partial charge is 0.289 e. The van der Waals surface area contributed by atoms with E-state index in [1.807, 2.05) is 24.3 Å². The third-order valence-electron chi connectivity index (χ3n) is 5.22. The minimum absolute atomic E-state index is 0.147. The van der Waals surface area contributed by atoms with Gasteiger partial charge in [-0.1, -0.05) is 12.1 Å². The average molecular weight is 382 g/mol. The first-order valence-corrected chi connectivity index (χ1v) is 9.42. The van der Waals surface area contributed by atoms with Crippen molar-refractivity contribution in [3.63, 3.8) is 0 Å². The van der Waals surface area contributed by atoms with Crippen LogP contribution in [0.15, 0.2) is 46.9 Å². The van der Waals surface area contributed by atoms with Gasteiger partial charge in [0.05, 0.1) is 18.8 Å². The molecule has 1 aliphatic rings. The largest absolute Gasteiger partial charge is 0.485 e. The number of para-hydroxylation sites is 2. The molecule has 6 heteroatoms. The Morgan fingerprint density at radius 2 is 2.07 bits per heavy atom. The van der Waals surface area contributed by atoms with Crippen molar-refractivity contribution in [1.82, 2.24) is 4.90 Å². The van der Waals surface area contributed by atoms with E-state index >= 15 is 0 Å². The van der Waals surface area contributed by atoms with Gasteiger partial charge in [0.15, 0.2) is 5.76 Å². The maximum Gasteiger partial charge on any atom is 0.289 e. The van der Waals surface area contributed by atoms with E-state index in [-0.39, 0.29) is 23.6 Å². The number of carbonyl (C=O) groups is 1. The molecule has 28 heavy (non-hydrogen) atoms. The Bertz CT molecular complexity index is 1030. The number of hydrogen-bond donors (Lipinski definition) is 0. The molecule has 2 aromatic carbocycles. The zero-order valence-electron chi connectivity index (χ0n) is 16.2. The Morgan fingerprint density at radius 1 is 1.29 bits per heavy atom. The Labute approximate surface area is 163 Å². The number of ether oxygens (including phenoxy) is 1. The van der Waals surface area contributed by atoms with Crippen molar-refractivity contribution < 1.29 is 18.3 Å². The molecule has 0 fully saturated rings. The van der Waals surface area contributed by atoms with E-state index in [1.54, 1.807) is 24.9 Å². The summed E-state index contributed by atoms with van der Waals surface area (Å²) < 4.78 is 25.4. The van der Waals surface area contributed by atoms with Gasteiger partial charge in [-0.2, -0.15) is 0 Å². The number of amides is 1. The fraction of sp³-hybridized carbons (Fsp3) is 0.318. The van der Waals surface area contributed by atoms with E-state index in [1.165, 1.54) is 12.1 Å². The maximum absolute atomic E-state index is 13.5. The van der Waals surface area contributed by atoms with Crippen molar-refractivity contribution in [2.75, 3.05) is 31.6 Å². The summed E-state index contributed by atoms with van der Waals surface area (Å²) in [4.78, 5) is 16.8. The lowest BCUT2D eigenvalue weighted by molar-refractivity contribution is 0.0681. The molecule has 1 atom stereocenters. The first-order valence-electron chi connectivity index (χ1n) is 9.42. The molecule has 4 rings (SSSR count). The number of likely N-dealkylation sites (N-methyl/N-ethyl adjacent to an activating group) is 2. The van der Waals surface area contributed by atoms with Crippen LogP contribution in [-0.2, 0) is 0 Å². The van der Waals surface area contributed by atoms with Crippen LogP contribution in [0.2, 0.25) is 0 Å². The van der Waals surface area contributed by atoms with Gasteiger partial charge in [-0.3, -0.25) is 4.79 Å². The minimum atomic E-state index is -0.349. The van der Waals surface area contributed by atoms with Crippen molar-refractivity contribution in [1.29, 1.82) is 0 Å². The number of nitrogens with zero attached hydrogens (tertiary/aromatic N) is 2. The zero-order valence-corrected chi connectivity index (χ0v) is 16.2. The summed E-state index contributed by atoms with van der Waals surface area (Å²) in [6, 6.07) is 12.2. The van der Waals surface area contributed by atoms with Crippen LogP contribution in [0.3, 0.4) is 0 Å². The number of anilines is 1. The molecule has 5 nitrogen and oxygen atoms in total. The SMILES string of the molecule is CCN1C[C@H](CN(C)C(=O)c2oc3ccc(F)cc3c2C)Oc2ccccc21. The number of furan rings is 1. The Morgan fingerprint density at radius 3 is 2.86 bits per heavy atom. The van der Waals surface area contributed by atoms with Gasteiger partial charge < -0.3 is 19.0 Å². The molecular weight excluding hydrogens is 359 g/mol. The molecule has 0 saturated heterocycles. The highest BCUT2D eigenvalue weighted by Crippen LogP contribution is 2.33. The molecule has 146 valence electrons. The molecule has 0 N–H and O–H groups in total. The molecule has 0 radical (unpaired) electrons. The van der Waals surface area contributed by atoms with Crippen LogP contribution in [0.1, 0.15) is 23.0 Å². The summed E-state index contributed by atoms with van der Waals surface area (Å²) in [5.74, 6) is 0.487. The molecular formula is C22H23FN2O3. The van der Waals surface area contributed by atoms with Gasteiger partial charge in [0.2, 0.25) is 0 Å². The first-order chi connectivity index (χ1) is 13.5. The molecule has 0 saturated carbocycles. The molecule has 0 aliphatic carbocycles. The van der Waals surface area contributed by atoms with Gasteiger partial charge in [-0.05, 0) is 44.2 Å². The van der Waals surface area contributed by atoms with Crippen molar-refractivity contribution in [2.24, 2.45) is 0 Å². The number of fused-ring (bicyclic) bond motifs is 2. The quantitative estimate of drug-likeness (QED) is 0.677. The van der Waals surface area contributed by atoms with E-state index in [4.69, 9.17) is 9.15 Å². The second-order valence-electron chi connectivity index (χ2n) is 7.13. The van der Waals surface area contributed by atoms with Crippen LogP contribution in [0.4, 0.5) is 10.1 Å². The number of benzene rings is 2. The predicted molar refractivity (Wildman–Crippen MR) is 107 cm³/mol. The van der Waals surface area contributed by atoms with E-state index in [2.05, 4.69) is 11.8 Å². The normalized spacial score (nSPS) is 16.0. The monoisotopic (exact) mass is 382 g/mol. The fourth-order valence-electron chi connectivity index (χ4n) is 3.73. The Balaban J connectivity index is 1.53. The number of rotatable bonds is 4. The molecule has 1 aliphatic heterocycles. The van der Waals surface area contributed by atoms with Gasteiger partial charge in [0.25, 0.3) is 5.91 Å². The Hall–Kier alpha value is -3.02. The number of hydrogen-bond acceptors (Lipinski definition) is 4. The van der Waals surface area contributed by atoms with Gasteiger partial charge in [-0.25, -0.2) is 4.39 Å². The lowest BCUT2D eigenvalue weighted by Gasteiger charge is -2.37. The van der Waals surface area contributed by atoms with E-state index in [9.17, 15) is 9.18 Å². The summed E-state index contributed by atoms with van der Waals surface area (Å²) >= 11 is 0. The molecule has 2 heterocycles. The third-order valence-corrected chi connectivity index (χ3v) is 5.22. The van der Waals surface area contributed by atoms with Crippen molar-refractivity contribution in [3.05, 3.63) is 59.6 Å². The lowest BCUT2D eigenvalue weighted by Crippen LogP contribution is -2.46. The fourth-order valence-corrected chi connectivity index (χ4v) is 3.73. The molecule has 0 unspecified atom stereocenters. The predicted octanol–water partition coefficient (Wildman–Crippen LogP) is 4.24. The standard InChI is InChI=1S/C22H23FN2O3/c1-4-25-13-16(27-20-8-6-5-7-18(20)25)12-24(3)22(26)21-14(2)17-11-15(23)9-10-19(17)28-21/h5-11,16H,4,12-13H2,1-3H3/t16-/m0/s1. The summed E-state index contributed by atoms with van der Waals surface area (Å²) in [5, 5.41) is 0.622. The first kappa shape index (κ1) is 18.3. The third kappa shape index (κ3) is 3.19. The maximum atomic E-state index is 13.5. The van der Waals surface area contributed by atoms with Crippen LogP contribution in [0.25, 0.3) is 11.0 Å². The Kier molecular flexibility index (Phi) is 4.71. The van der Waals surface area contributed by atoms with Gasteiger partial charge in [-0.15, -0.1) is 0 Å². The van der Waals surface area contributed by atoms with Crippen LogP contribution >= 0.6 is 0 Å². The molecule has 0 spiro atoms. The lowest BCUT2D eigenvalue weighted by atomic mass is 10.1. The van der Waals surface area contributed by atoms with E-state index in [0.717, 1.165) is 18.0 Å². The van der Waals surface area contributed by atoms with E-state index in [0.29, 0.717) is 29.6 Å². The molecule has 1 amide bonds. The number of carbonyl (C=O) groups excluding carboxylic acids is 1. The molecule has 1 aromatic heterocycles. The van der Waals surface area contributed by atoms with Gasteiger partial charge in [0, 0.05) is 24.5 Å². The average Bonchev–Trinajstić information content (AvgIpc) is 3.02. The van der Waals surface area contributed by atoms with Crippen molar-refractivity contribution in [2.45, 2.75) is 20.0 Å². The van der Waals surface area contributed by atoms with Gasteiger partial charge in [0.1, 0.15) is 23.3 Å². The van der Waals surface area contributed by atoms with Crippen molar-refractivity contribution >= 4 is 22.6 Å². The molecule has 0 bridgehead atoms. The number of halogens is 1. The van der Waals surface area contributed by atoms with Crippen LogP contribution < -0.4 is 9.64 Å².